The molecule has 2 rings (SSSR count). The largest absolute Gasteiger partial charge is 0.380 e. The molecule has 1 aromatic rings. The molecule has 21 heavy (non-hydrogen) atoms. The first-order valence-electron chi connectivity index (χ1n) is 7.59. The van der Waals surface area contributed by atoms with Crippen molar-refractivity contribution in [1.29, 1.82) is 0 Å². The fourth-order valence-corrected chi connectivity index (χ4v) is 4.89. The van der Waals surface area contributed by atoms with Gasteiger partial charge in [0.1, 0.15) is 5.25 Å². The Morgan fingerprint density at radius 2 is 2.10 bits per heavy atom. The zero-order chi connectivity index (χ0) is 15.5. The Morgan fingerprint density at radius 1 is 1.33 bits per heavy atom. The van der Waals surface area contributed by atoms with Crippen molar-refractivity contribution in [2.24, 2.45) is 0 Å². The van der Waals surface area contributed by atoms with Crippen molar-refractivity contribution in [3.8, 4) is 0 Å². The van der Waals surface area contributed by atoms with Gasteiger partial charge in [-0.05, 0) is 50.4 Å². The van der Waals surface area contributed by atoms with Crippen LogP contribution in [0, 0.1) is 13.8 Å². The molecule has 0 amide bonds. The first-order valence-corrected chi connectivity index (χ1v) is 9.13. The summed E-state index contributed by atoms with van der Waals surface area (Å²) < 4.78 is 31.5. The Morgan fingerprint density at radius 3 is 2.81 bits per heavy atom. The molecule has 1 N–H and O–H groups in total. The zero-order valence-corrected chi connectivity index (χ0v) is 13.9. The van der Waals surface area contributed by atoms with Gasteiger partial charge in [-0.3, -0.25) is 0 Å². The smallest absolute Gasteiger partial charge is 0.185 e. The van der Waals surface area contributed by atoms with Gasteiger partial charge >= 0.3 is 0 Å². The van der Waals surface area contributed by atoms with Crippen LogP contribution in [-0.4, -0.2) is 39.5 Å². The Kier molecular flexibility index (Phi) is 5.41. The number of benzene rings is 1. The fraction of sp³-hybridized carbons (Fsp3) is 0.625. The average Bonchev–Trinajstić information content (AvgIpc) is 2.47. The number of sulfone groups is 1. The number of ether oxygens (including phenoxy) is 1. The quantitative estimate of drug-likeness (QED) is 0.906. The average molecular weight is 311 g/mol. The minimum atomic E-state index is -3.38. The lowest BCUT2D eigenvalue weighted by Crippen LogP contribution is -2.50. The third-order valence-electron chi connectivity index (χ3n) is 4.01. The van der Waals surface area contributed by atoms with Crippen LogP contribution in [0.2, 0.25) is 0 Å². The second-order valence-corrected chi connectivity index (χ2v) is 7.91. The normalized spacial score (nSPS) is 23.2. The first kappa shape index (κ1) is 16.5. The highest BCUT2D eigenvalue weighted by atomic mass is 32.2. The molecule has 0 saturated carbocycles. The second kappa shape index (κ2) is 6.90. The van der Waals surface area contributed by atoms with Crippen molar-refractivity contribution in [3.63, 3.8) is 0 Å². The third-order valence-corrected chi connectivity index (χ3v) is 6.32. The van der Waals surface area contributed by atoms with E-state index in [0.717, 1.165) is 30.5 Å². The topological polar surface area (TPSA) is 55.4 Å². The summed E-state index contributed by atoms with van der Waals surface area (Å²) in [5.74, 6) is 0. The highest BCUT2D eigenvalue weighted by Gasteiger charge is 2.37. The van der Waals surface area contributed by atoms with Gasteiger partial charge in [-0.2, -0.15) is 0 Å². The van der Waals surface area contributed by atoms with Gasteiger partial charge in [0, 0.05) is 12.6 Å². The van der Waals surface area contributed by atoms with Crippen LogP contribution in [0.25, 0.3) is 0 Å². The predicted octanol–water partition coefficient (Wildman–Crippen LogP) is 2.23. The van der Waals surface area contributed by atoms with Crippen LogP contribution in [-0.2, 0) is 14.6 Å². The number of rotatable bonds is 5. The van der Waals surface area contributed by atoms with E-state index < -0.39 is 15.1 Å². The monoisotopic (exact) mass is 311 g/mol. The van der Waals surface area contributed by atoms with Crippen LogP contribution in [0.4, 0.5) is 0 Å². The maximum absolute atomic E-state index is 13.0. The van der Waals surface area contributed by atoms with E-state index in [4.69, 9.17) is 4.74 Å². The predicted molar refractivity (Wildman–Crippen MR) is 84.4 cm³/mol. The molecule has 118 valence electrons. The zero-order valence-electron chi connectivity index (χ0n) is 13.1. The maximum Gasteiger partial charge on any atom is 0.185 e. The molecule has 1 heterocycles. The van der Waals surface area contributed by atoms with Crippen molar-refractivity contribution < 1.29 is 13.2 Å². The van der Waals surface area contributed by atoms with Gasteiger partial charge in [-0.15, -0.1) is 0 Å². The molecule has 2 atom stereocenters. The molecule has 5 heteroatoms. The molecular formula is C16H25NO3S. The van der Waals surface area contributed by atoms with Gasteiger partial charge in [-0.1, -0.05) is 19.1 Å². The molecule has 0 bridgehead atoms. The summed E-state index contributed by atoms with van der Waals surface area (Å²) in [6, 6.07) is 5.57. The Bertz CT molecular complexity index is 583. The van der Waals surface area contributed by atoms with Crippen molar-refractivity contribution in [3.05, 3.63) is 29.3 Å². The fourth-order valence-electron chi connectivity index (χ4n) is 2.76. The summed E-state index contributed by atoms with van der Waals surface area (Å²) in [7, 11) is -3.38. The maximum atomic E-state index is 13.0. The Balaban J connectivity index is 2.33. The lowest BCUT2D eigenvalue weighted by molar-refractivity contribution is 0.0808. The second-order valence-electron chi connectivity index (χ2n) is 5.78. The van der Waals surface area contributed by atoms with E-state index >= 15 is 0 Å². The van der Waals surface area contributed by atoms with Crippen LogP contribution in [0.1, 0.15) is 30.9 Å². The molecular weight excluding hydrogens is 286 g/mol. The number of aryl methyl sites for hydroxylation is 2. The van der Waals surface area contributed by atoms with E-state index in [9.17, 15) is 8.42 Å². The molecule has 2 unspecified atom stereocenters. The highest BCUT2D eigenvalue weighted by Crippen LogP contribution is 2.26. The standard InChI is InChI=1S/C16H25NO3S/c1-4-8-17-14-7-9-20-11-16(14)21(18,19)15-10-12(2)5-6-13(15)3/h5-6,10,14,16-17H,4,7-9,11H2,1-3H3. The van der Waals surface area contributed by atoms with E-state index in [1.807, 2.05) is 26.0 Å². The lowest BCUT2D eigenvalue weighted by atomic mass is 10.1. The van der Waals surface area contributed by atoms with Crippen LogP contribution >= 0.6 is 0 Å². The Hall–Kier alpha value is -0.910. The van der Waals surface area contributed by atoms with E-state index in [-0.39, 0.29) is 12.6 Å². The lowest BCUT2D eigenvalue weighted by Gasteiger charge is -2.32. The summed E-state index contributed by atoms with van der Waals surface area (Å²) in [6.45, 7) is 7.59. The molecule has 1 aliphatic heterocycles. The number of hydrogen-bond acceptors (Lipinski definition) is 4. The molecule has 0 aromatic heterocycles. The van der Waals surface area contributed by atoms with E-state index in [2.05, 4.69) is 12.2 Å². The molecule has 1 saturated heterocycles. The number of nitrogens with one attached hydrogen (secondary N) is 1. The molecule has 0 aliphatic carbocycles. The number of hydrogen-bond donors (Lipinski definition) is 1. The molecule has 1 aromatic carbocycles. The van der Waals surface area contributed by atoms with Crippen molar-refractivity contribution in [2.45, 2.75) is 49.8 Å². The minimum Gasteiger partial charge on any atom is -0.380 e. The third kappa shape index (κ3) is 3.65. The van der Waals surface area contributed by atoms with Crippen molar-refractivity contribution in [2.75, 3.05) is 19.8 Å². The van der Waals surface area contributed by atoms with E-state index in [1.54, 1.807) is 6.07 Å². The van der Waals surface area contributed by atoms with Gasteiger partial charge in [0.05, 0.1) is 11.5 Å². The van der Waals surface area contributed by atoms with Crippen molar-refractivity contribution in [1.82, 2.24) is 5.32 Å². The molecule has 4 nitrogen and oxygen atoms in total. The summed E-state index contributed by atoms with van der Waals surface area (Å²) >= 11 is 0. The van der Waals surface area contributed by atoms with Crippen molar-refractivity contribution >= 4 is 9.84 Å². The van der Waals surface area contributed by atoms with Gasteiger partial charge < -0.3 is 10.1 Å². The summed E-state index contributed by atoms with van der Waals surface area (Å²) in [6.07, 6.45) is 1.74. The Labute approximate surface area is 127 Å². The summed E-state index contributed by atoms with van der Waals surface area (Å²) in [5, 5.41) is 2.87. The molecule has 0 spiro atoms. The SMILES string of the molecule is CCCNC1CCOCC1S(=O)(=O)c1cc(C)ccc1C. The van der Waals surface area contributed by atoms with Gasteiger partial charge in [0.15, 0.2) is 9.84 Å². The highest BCUT2D eigenvalue weighted by molar-refractivity contribution is 7.92. The summed E-state index contributed by atoms with van der Waals surface area (Å²) in [5.41, 5.74) is 1.77. The summed E-state index contributed by atoms with van der Waals surface area (Å²) in [4.78, 5) is 0.446. The van der Waals surface area contributed by atoms with Gasteiger partial charge in [-0.25, -0.2) is 8.42 Å². The van der Waals surface area contributed by atoms with E-state index in [0.29, 0.717) is 11.5 Å². The van der Waals surface area contributed by atoms with E-state index in [1.165, 1.54) is 0 Å². The van der Waals surface area contributed by atoms with Crippen LogP contribution in [0.5, 0.6) is 0 Å². The first-order chi connectivity index (χ1) is 9.96. The van der Waals surface area contributed by atoms with Gasteiger partial charge in [0.25, 0.3) is 0 Å². The van der Waals surface area contributed by atoms with Crippen LogP contribution in [0.15, 0.2) is 23.1 Å². The molecule has 1 fully saturated rings. The molecule has 0 radical (unpaired) electrons. The minimum absolute atomic E-state index is 0.0244. The van der Waals surface area contributed by atoms with Crippen LogP contribution in [0.3, 0.4) is 0 Å². The van der Waals surface area contributed by atoms with Gasteiger partial charge in [0.2, 0.25) is 0 Å². The molecule has 1 aliphatic rings. The van der Waals surface area contributed by atoms with Crippen LogP contribution < -0.4 is 5.32 Å².